The van der Waals surface area contributed by atoms with Crippen LogP contribution in [0.15, 0.2) is 36.4 Å². The van der Waals surface area contributed by atoms with Gasteiger partial charge in [0.15, 0.2) is 11.5 Å². The molecule has 3 rings (SSSR count). The van der Waals surface area contributed by atoms with E-state index < -0.39 is 11.7 Å². The second-order valence-corrected chi connectivity index (χ2v) is 5.44. The van der Waals surface area contributed by atoms with Crippen LogP contribution in [-0.2, 0) is 17.5 Å². The van der Waals surface area contributed by atoms with E-state index in [1.807, 2.05) is 0 Å². The maximum atomic E-state index is 12.8. The first-order chi connectivity index (χ1) is 11.4. The molecule has 1 aliphatic rings. The number of anilines is 2. The first-order valence-corrected chi connectivity index (χ1v) is 7.52. The van der Waals surface area contributed by atoms with Gasteiger partial charge in [-0.25, -0.2) is 0 Å². The fourth-order valence-corrected chi connectivity index (χ4v) is 2.36. The molecular formula is C16H12ClF3N2O2. The molecule has 0 saturated heterocycles. The van der Waals surface area contributed by atoms with Crippen LogP contribution in [0.2, 0.25) is 0 Å². The number of nitrogens with one attached hydrogen (secondary N) is 2. The number of rotatable bonds is 3. The number of carbonyl (C=O) groups is 1. The Balaban J connectivity index is 1.83. The average Bonchev–Trinajstić information content (AvgIpc) is 2.56. The smallest absolute Gasteiger partial charge is 0.416 e. The van der Waals surface area contributed by atoms with Crippen molar-refractivity contribution < 1.29 is 22.7 Å². The van der Waals surface area contributed by atoms with Crippen molar-refractivity contribution in [1.82, 2.24) is 5.32 Å². The Bertz CT molecular complexity index is 793. The predicted molar refractivity (Wildman–Crippen MR) is 83.8 cm³/mol. The summed E-state index contributed by atoms with van der Waals surface area (Å²) in [6.07, 6.45) is -4.44. The predicted octanol–water partition coefficient (Wildman–Crippen LogP) is 4.41. The molecule has 8 heteroatoms. The van der Waals surface area contributed by atoms with E-state index >= 15 is 0 Å². The second-order valence-electron chi connectivity index (χ2n) is 5.18. The molecule has 2 aromatic carbocycles. The average molecular weight is 357 g/mol. The van der Waals surface area contributed by atoms with Gasteiger partial charge < -0.3 is 15.4 Å². The van der Waals surface area contributed by atoms with E-state index in [9.17, 15) is 18.0 Å². The van der Waals surface area contributed by atoms with Crippen LogP contribution in [0.1, 0.15) is 11.1 Å². The Morgan fingerprint density at radius 3 is 2.46 bits per heavy atom. The molecule has 0 aromatic heterocycles. The monoisotopic (exact) mass is 356 g/mol. The molecule has 0 atom stereocenters. The molecule has 126 valence electrons. The van der Waals surface area contributed by atoms with Crippen molar-refractivity contribution in [3.63, 3.8) is 0 Å². The van der Waals surface area contributed by atoms with E-state index in [2.05, 4.69) is 10.6 Å². The highest BCUT2D eigenvalue weighted by Gasteiger charge is 2.32. The van der Waals surface area contributed by atoms with Crippen LogP contribution in [0.4, 0.5) is 24.5 Å². The van der Waals surface area contributed by atoms with Crippen molar-refractivity contribution in [3.05, 3.63) is 47.5 Å². The van der Waals surface area contributed by atoms with Crippen LogP contribution in [0.5, 0.6) is 11.5 Å². The minimum Gasteiger partial charge on any atom is -0.453 e. The molecule has 1 aliphatic heterocycles. The molecule has 0 bridgehead atoms. The molecule has 1 amide bonds. The van der Waals surface area contributed by atoms with E-state index in [0.717, 1.165) is 17.7 Å². The van der Waals surface area contributed by atoms with Crippen molar-refractivity contribution in [2.75, 3.05) is 11.2 Å². The van der Waals surface area contributed by atoms with E-state index in [0.29, 0.717) is 17.1 Å². The molecule has 2 aromatic rings. The number of hydrogen-bond donors (Lipinski definition) is 2. The minimum atomic E-state index is -4.44. The van der Waals surface area contributed by atoms with Gasteiger partial charge in [0.05, 0.1) is 16.9 Å². The van der Waals surface area contributed by atoms with Crippen LogP contribution in [0.3, 0.4) is 0 Å². The molecule has 0 fully saturated rings. The number of amides is 1. The maximum Gasteiger partial charge on any atom is 0.416 e. The largest absolute Gasteiger partial charge is 0.453 e. The van der Waals surface area contributed by atoms with Gasteiger partial charge in [-0.3, -0.25) is 4.79 Å². The van der Waals surface area contributed by atoms with Gasteiger partial charge in [0.1, 0.15) is 5.88 Å². The Morgan fingerprint density at radius 2 is 1.79 bits per heavy atom. The third-order valence-corrected chi connectivity index (χ3v) is 3.70. The number of ether oxygens (including phenoxy) is 1. The highest BCUT2D eigenvalue weighted by molar-refractivity contribution is 6.27. The van der Waals surface area contributed by atoms with Crippen molar-refractivity contribution in [3.8, 4) is 11.5 Å². The minimum absolute atomic E-state index is 0.0965. The Kier molecular flexibility index (Phi) is 4.28. The summed E-state index contributed by atoms with van der Waals surface area (Å²) >= 11 is 5.40. The molecule has 0 aliphatic carbocycles. The highest BCUT2D eigenvalue weighted by atomic mass is 35.5. The van der Waals surface area contributed by atoms with Gasteiger partial charge in [0.2, 0.25) is 5.91 Å². The zero-order valence-corrected chi connectivity index (χ0v) is 13.0. The molecule has 4 nitrogen and oxygen atoms in total. The first kappa shape index (κ1) is 16.4. The van der Waals surface area contributed by atoms with Crippen molar-refractivity contribution >= 4 is 28.9 Å². The molecule has 2 N–H and O–H groups in total. The van der Waals surface area contributed by atoms with Gasteiger partial charge in [0, 0.05) is 6.54 Å². The summed E-state index contributed by atoms with van der Waals surface area (Å²) < 4.78 is 44.0. The van der Waals surface area contributed by atoms with Crippen molar-refractivity contribution in [2.45, 2.75) is 12.7 Å². The van der Waals surface area contributed by atoms with Crippen molar-refractivity contribution in [2.24, 2.45) is 0 Å². The van der Waals surface area contributed by atoms with Crippen LogP contribution in [0, 0.1) is 0 Å². The molecule has 1 heterocycles. The third-order valence-electron chi connectivity index (χ3n) is 3.46. The Morgan fingerprint density at radius 1 is 1.12 bits per heavy atom. The summed E-state index contributed by atoms with van der Waals surface area (Å²) in [5, 5.41) is 5.63. The summed E-state index contributed by atoms with van der Waals surface area (Å²) in [5.74, 6) is 0.0312. The van der Waals surface area contributed by atoms with Crippen LogP contribution >= 0.6 is 11.6 Å². The highest BCUT2D eigenvalue weighted by Crippen LogP contribution is 2.44. The van der Waals surface area contributed by atoms with Crippen LogP contribution in [-0.4, -0.2) is 11.8 Å². The van der Waals surface area contributed by atoms with E-state index in [1.54, 1.807) is 18.2 Å². The van der Waals surface area contributed by atoms with Gasteiger partial charge in [-0.15, -0.1) is 11.6 Å². The lowest BCUT2D eigenvalue weighted by atomic mass is 10.1. The second kappa shape index (κ2) is 6.24. The van der Waals surface area contributed by atoms with Crippen LogP contribution < -0.4 is 15.4 Å². The van der Waals surface area contributed by atoms with Gasteiger partial charge in [-0.1, -0.05) is 6.07 Å². The number of hydrogen-bond acceptors (Lipinski definition) is 3. The van der Waals surface area contributed by atoms with Crippen LogP contribution in [0.25, 0.3) is 0 Å². The number of carbonyl (C=O) groups excluding carboxylic acids is 1. The first-order valence-electron chi connectivity index (χ1n) is 6.98. The molecule has 0 unspecified atom stereocenters. The topological polar surface area (TPSA) is 50.4 Å². The molecular weight excluding hydrogens is 345 g/mol. The number of alkyl halides is 4. The fourth-order valence-electron chi connectivity index (χ4n) is 2.26. The lowest BCUT2D eigenvalue weighted by Gasteiger charge is -2.23. The van der Waals surface area contributed by atoms with E-state index in [1.165, 1.54) is 6.07 Å². The summed E-state index contributed by atoms with van der Waals surface area (Å²) in [5.41, 5.74) is 1.05. The fraction of sp³-hybridized carbons (Fsp3) is 0.188. The Hall–Kier alpha value is -2.41. The number of halogens is 4. The SMILES string of the molecule is O=C(CCl)NCc1ccc2c(c1)Oc1cc(C(F)(F)F)ccc1N2. The van der Waals surface area contributed by atoms with E-state index in [-0.39, 0.29) is 24.1 Å². The number of fused-ring (bicyclic) bond motifs is 2. The summed E-state index contributed by atoms with van der Waals surface area (Å²) in [4.78, 5) is 11.2. The summed E-state index contributed by atoms with van der Waals surface area (Å²) in [6.45, 7) is 0.248. The van der Waals surface area contributed by atoms with Gasteiger partial charge >= 0.3 is 6.18 Å². The molecule has 0 radical (unpaired) electrons. The Labute approximate surface area is 140 Å². The maximum absolute atomic E-state index is 12.8. The summed E-state index contributed by atoms with van der Waals surface area (Å²) in [6, 6.07) is 8.44. The molecule has 0 saturated carbocycles. The zero-order chi connectivity index (χ0) is 17.3. The quantitative estimate of drug-likeness (QED) is 0.683. The van der Waals surface area contributed by atoms with Crippen molar-refractivity contribution in [1.29, 1.82) is 0 Å². The zero-order valence-electron chi connectivity index (χ0n) is 12.2. The summed E-state index contributed by atoms with van der Waals surface area (Å²) in [7, 11) is 0. The lowest BCUT2D eigenvalue weighted by Crippen LogP contribution is -2.23. The number of benzene rings is 2. The molecule has 24 heavy (non-hydrogen) atoms. The lowest BCUT2D eigenvalue weighted by molar-refractivity contribution is -0.137. The van der Waals surface area contributed by atoms with E-state index in [4.69, 9.17) is 16.3 Å². The van der Waals surface area contributed by atoms with Gasteiger partial charge in [-0.05, 0) is 35.9 Å². The van der Waals surface area contributed by atoms with Gasteiger partial charge in [0.25, 0.3) is 0 Å². The standard InChI is InChI=1S/C16H12ClF3N2O2/c17-7-15(23)21-8-9-1-3-11-13(5-9)24-14-6-10(16(18,19)20)2-4-12(14)22-11/h1-6,22H,7-8H2,(H,21,23). The third kappa shape index (κ3) is 3.41. The normalized spacial score (nSPS) is 12.5. The molecule has 0 spiro atoms. The van der Waals surface area contributed by atoms with Gasteiger partial charge in [-0.2, -0.15) is 13.2 Å².